The lowest BCUT2D eigenvalue weighted by Gasteiger charge is -2.21. The minimum Gasteiger partial charge on any atom is -0.399 e. The van der Waals surface area contributed by atoms with Crippen molar-refractivity contribution < 1.29 is 18.3 Å². The number of nitrogen functional groups attached to an aromatic ring is 1. The van der Waals surface area contributed by atoms with Gasteiger partial charge < -0.3 is 16.6 Å². The zero-order valence-corrected chi connectivity index (χ0v) is 11.6. The average Bonchev–Trinajstić information content (AvgIpc) is 2.72. The molecule has 1 heterocycles. The second kappa shape index (κ2) is 5.39. The first-order valence-corrected chi connectivity index (χ1v) is 7.72. The second-order valence-corrected chi connectivity index (χ2v) is 6.80. The lowest BCUT2D eigenvalue weighted by molar-refractivity contribution is -0.121. The first-order chi connectivity index (χ1) is 9.29. The largest absolute Gasteiger partial charge is 0.399 e. The molecule has 110 valence electrons. The number of hydrogen-bond acceptors (Lipinski definition) is 5. The Morgan fingerprint density at radius 1 is 1.45 bits per heavy atom. The zero-order chi connectivity index (χ0) is 14.9. The van der Waals surface area contributed by atoms with Crippen molar-refractivity contribution in [2.75, 3.05) is 12.3 Å². The van der Waals surface area contributed by atoms with Crippen LogP contribution in [0, 0.1) is 0 Å². The lowest BCUT2D eigenvalue weighted by Crippen LogP contribution is -2.44. The maximum absolute atomic E-state index is 12.3. The number of primary amides is 1. The number of carbonyl (C=O) groups is 1. The van der Waals surface area contributed by atoms with Crippen LogP contribution in [0.15, 0.2) is 24.3 Å². The number of nitrogens with zero attached hydrogens (tertiary/aromatic N) is 1. The van der Waals surface area contributed by atoms with Crippen LogP contribution >= 0.6 is 0 Å². The predicted molar refractivity (Wildman–Crippen MR) is 73.8 cm³/mol. The summed E-state index contributed by atoms with van der Waals surface area (Å²) in [6, 6.07) is 5.52. The van der Waals surface area contributed by atoms with E-state index < -0.39 is 28.1 Å². The number of β-amino-alcohol motifs (C(OH)–C–C–N with tert-alkyl or cyclic N) is 1. The van der Waals surface area contributed by atoms with Crippen LogP contribution in [0.3, 0.4) is 0 Å². The molecule has 1 aliphatic rings. The molecule has 5 N–H and O–H groups in total. The summed E-state index contributed by atoms with van der Waals surface area (Å²) in [7, 11) is -3.74. The van der Waals surface area contributed by atoms with Crippen LogP contribution in [0.4, 0.5) is 5.69 Å². The third-order valence-electron chi connectivity index (χ3n) is 3.22. The minimum atomic E-state index is -3.74. The van der Waals surface area contributed by atoms with Gasteiger partial charge in [-0.2, -0.15) is 4.31 Å². The number of anilines is 1. The SMILES string of the molecule is NC(=O)C1CC(O)CN1S(=O)(=O)Cc1cccc(N)c1. The number of aliphatic hydroxyl groups excluding tert-OH is 1. The smallest absolute Gasteiger partial charge is 0.235 e. The quantitative estimate of drug-likeness (QED) is 0.616. The summed E-state index contributed by atoms with van der Waals surface area (Å²) in [5.74, 6) is -1.04. The van der Waals surface area contributed by atoms with Gasteiger partial charge in [-0.05, 0) is 17.7 Å². The molecule has 20 heavy (non-hydrogen) atoms. The molecule has 7 nitrogen and oxygen atoms in total. The number of sulfonamides is 1. The Bertz CT molecular complexity index is 617. The van der Waals surface area contributed by atoms with E-state index in [4.69, 9.17) is 11.5 Å². The van der Waals surface area contributed by atoms with Crippen LogP contribution in [-0.4, -0.2) is 42.4 Å². The highest BCUT2D eigenvalue weighted by atomic mass is 32.2. The van der Waals surface area contributed by atoms with E-state index in [0.717, 1.165) is 4.31 Å². The summed E-state index contributed by atoms with van der Waals surface area (Å²) < 4.78 is 25.7. The number of nitrogens with two attached hydrogens (primary N) is 2. The van der Waals surface area contributed by atoms with Gasteiger partial charge in [-0.25, -0.2) is 8.42 Å². The fraction of sp³-hybridized carbons (Fsp3) is 0.417. The Balaban J connectivity index is 2.23. The molecule has 0 spiro atoms. The third kappa shape index (κ3) is 3.09. The Morgan fingerprint density at radius 2 is 2.15 bits per heavy atom. The average molecular weight is 299 g/mol. The van der Waals surface area contributed by atoms with Crippen molar-refractivity contribution >= 4 is 21.6 Å². The van der Waals surface area contributed by atoms with Gasteiger partial charge in [-0.3, -0.25) is 4.79 Å². The molecule has 0 saturated carbocycles. The normalized spacial score (nSPS) is 23.9. The van der Waals surface area contributed by atoms with Crippen molar-refractivity contribution in [2.24, 2.45) is 5.73 Å². The first-order valence-electron chi connectivity index (χ1n) is 6.11. The van der Waals surface area contributed by atoms with E-state index >= 15 is 0 Å². The molecule has 0 radical (unpaired) electrons. The van der Waals surface area contributed by atoms with Gasteiger partial charge in [0.05, 0.1) is 11.9 Å². The molecule has 1 aromatic carbocycles. The summed E-state index contributed by atoms with van der Waals surface area (Å²) in [6.45, 7) is -0.113. The van der Waals surface area contributed by atoms with Gasteiger partial charge in [0.15, 0.2) is 0 Å². The van der Waals surface area contributed by atoms with Crippen molar-refractivity contribution in [3.8, 4) is 0 Å². The van der Waals surface area contributed by atoms with Gasteiger partial charge in [-0.1, -0.05) is 12.1 Å². The molecular formula is C12H17N3O4S. The molecule has 2 atom stereocenters. The Morgan fingerprint density at radius 3 is 2.75 bits per heavy atom. The molecule has 2 unspecified atom stereocenters. The van der Waals surface area contributed by atoms with E-state index in [-0.39, 0.29) is 18.7 Å². The molecule has 2 rings (SSSR count). The fourth-order valence-electron chi connectivity index (χ4n) is 2.33. The summed E-state index contributed by atoms with van der Waals surface area (Å²) in [6.07, 6.45) is -0.839. The molecule has 1 amide bonds. The van der Waals surface area contributed by atoms with Gasteiger partial charge in [0.25, 0.3) is 0 Å². The van der Waals surface area contributed by atoms with Crippen LogP contribution in [0.1, 0.15) is 12.0 Å². The number of amides is 1. The molecule has 0 aromatic heterocycles. The maximum atomic E-state index is 12.3. The highest BCUT2D eigenvalue weighted by Gasteiger charge is 2.41. The minimum absolute atomic E-state index is 0.0332. The van der Waals surface area contributed by atoms with E-state index in [2.05, 4.69) is 0 Å². The lowest BCUT2D eigenvalue weighted by atomic mass is 10.2. The number of aliphatic hydroxyl groups is 1. The van der Waals surface area contributed by atoms with E-state index in [1.165, 1.54) is 0 Å². The standard InChI is InChI=1S/C12H17N3O4S/c13-9-3-1-2-8(4-9)7-20(18,19)15-6-10(16)5-11(15)12(14)17/h1-4,10-11,16H,5-7,13H2,(H2,14,17). The van der Waals surface area contributed by atoms with E-state index in [1.807, 2.05) is 0 Å². The van der Waals surface area contributed by atoms with Crippen molar-refractivity contribution in [1.29, 1.82) is 0 Å². The van der Waals surface area contributed by atoms with Crippen LogP contribution in [0.25, 0.3) is 0 Å². The molecule has 1 saturated heterocycles. The van der Waals surface area contributed by atoms with Crippen molar-refractivity contribution in [3.63, 3.8) is 0 Å². The van der Waals surface area contributed by atoms with Crippen molar-refractivity contribution in [2.45, 2.75) is 24.3 Å². The van der Waals surface area contributed by atoms with Gasteiger partial charge in [0, 0.05) is 18.7 Å². The first kappa shape index (κ1) is 14.8. The van der Waals surface area contributed by atoms with Crippen molar-refractivity contribution in [3.05, 3.63) is 29.8 Å². The molecule has 1 fully saturated rings. The number of carbonyl (C=O) groups excluding carboxylic acids is 1. The Hall–Kier alpha value is -1.64. The van der Waals surface area contributed by atoms with E-state index in [1.54, 1.807) is 24.3 Å². The molecule has 1 aromatic rings. The van der Waals surface area contributed by atoms with Gasteiger partial charge >= 0.3 is 0 Å². The summed E-state index contributed by atoms with van der Waals surface area (Å²) in [4.78, 5) is 11.3. The highest BCUT2D eigenvalue weighted by molar-refractivity contribution is 7.88. The summed E-state index contributed by atoms with van der Waals surface area (Å²) >= 11 is 0. The van der Waals surface area contributed by atoms with Gasteiger partial charge in [0.1, 0.15) is 6.04 Å². The van der Waals surface area contributed by atoms with E-state index in [0.29, 0.717) is 11.3 Å². The topological polar surface area (TPSA) is 127 Å². The van der Waals surface area contributed by atoms with Crippen LogP contribution in [0.2, 0.25) is 0 Å². The number of benzene rings is 1. The number of hydrogen-bond donors (Lipinski definition) is 3. The van der Waals surface area contributed by atoms with Crippen molar-refractivity contribution in [1.82, 2.24) is 4.31 Å². The van der Waals surface area contributed by atoms with E-state index in [9.17, 15) is 18.3 Å². The molecule has 0 aliphatic carbocycles. The highest BCUT2D eigenvalue weighted by Crippen LogP contribution is 2.24. The second-order valence-electron chi connectivity index (χ2n) is 4.88. The third-order valence-corrected chi connectivity index (χ3v) is 5.04. The summed E-state index contributed by atoms with van der Waals surface area (Å²) in [5.41, 5.74) is 11.8. The predicted octanol–water partition coefficient (Wildman–Crippen LogP) is -0.981. The molecular weight excluding hydrogens is 282 g/mol. The van der Waals surface area contributed by atoms with Crippen LogP contribution in [-0.2, 0) is 20.6 Å². The van der Waals surface area contributed by atoms with Crippen LogP contribution < -0.4 is 11.5 Å². The number of rotatable bonds is 4. The summed E-state index contributed by atoms with van der Waals surface area (Å²) in [5, 5.41) is 9.56. The van der Waals surface area contributed by atoms with Gasteiger partial charge in [-0.15, -0.1) is 0 Å². The monoisotopic (exact) mass is 299 g/mol. The fourth-order valence-corrected chi connectivity index (χ4v) is 4.07. The zero-order valence-electron chi connectivity index (χ0n) is 10.8. The molecule has 8 heteroatoms. The molecule has 0 bridgehead atoms. The molecule has 1 aliphatic heterocycles. The Labute approximate surface area is 117 Å². The van der Waals surface area contributed by atoms with Gasteiger partial charge in [0.2, 0.25) is 15.9 Å². The van der Waals surface area contributed by atoms with Crippen LogP contribution in [0.5, 0.6) is 0 Å². The Kier molecular flexibility index (Phi) is 3.98. The maximum Gasteiger partial charge on any atom is 0.235 e.